The Balaban J connectivity index is 1.64. The lowest BCUT2D eigenvalue weighted by Gasteiger charge is -2.39. The lowest BCUT2D eigenvalue weighted by Crippen LogP contribution is -2.49. The van der Waals surface area contributed by atoms with Gasteiger partial charge in [0.15, 0.2) is 5.82 Å². The van der Waals surface area contributed by atoms with Crippen LogP contribution in [-0.4, -0.2) is 47.1 Å². The number of carbonyl (C=O) groups is 2. The predicted molar refractivity (Wildman–Crippen MR) is 75.8 cm³/mol. The van der Waals surface area contributed by atoms with Crippen molar-refractivity contribution in [2.75, 3.05) is 20.2 Å². The number of hydrogen-bond donors (Lipinski definition) is 0. The van der Waals surface area contributed by atoms with Crippen LogP contribution >= 0.6 is 0 Å². The molecule has 1 aromatic heterocycles. The van der Waals surface area contributed by atoms with Crippen molar-refractivity contribution in [1.82, 2.24) is 15.0 Å². The summed E-state index contributed by atoms with van der Waals surface area (Å²) in [6, 6.07) is 0. The molecular weight excluding hydrogens is 286 g/mol. The van der Waals surface area contributed by atoms with Crippen molar-refractivity contribution in [3.63, 3.8) is 0 Å². The summed E-state index contributed by atoms with van der Waals surface area (Å²) in [4.78, 5) is 30.4. The van der Waals surface area contributed by atoms with E-state index in [0.29, 0.717) is 18.3 Å². The largest absolute Gasteiger partial charge is 0.469 e. The van der Waals surface area contributed by atoms with Gasteiger partial charge in [0.25, 0.3) is 0 Å². The number of amides is 1. The highest BCUT2D eigenvalue weighted by molar-refractivity contribution is 5.87. The molecule has 1 saturated heterocycles. The maximum atomic E-state index is 12.6. The Labute approximate surface area is 129 Å². The summed E-state index contributed by atoms with van der Waals surface area (Å²) in [6.07, 6.45) is 3.35. The highest BCUT2D eigenvalue weighted by atomic mass is 16.5. The molecule has 0 N–H and O–H groups in total. The first-order valence-corrected chi connectivity index (χ1v) is 7.77. The number of aromatic nitrogens is 2. The Hall–Kier alpha value is -1.92. The summed E-state index contributed by atoms with van der Waals surface area (Å²) in [5.74, 6) is 0.597. The Morgan fingerprint density at radius 3 is 2.64 bits per heavy atom. The van der Waals surface area contributed by atoms with Crippen molar-refractivity contribution in [2.24, 2.45) is 11.8 Å². The third kappa shape index (κ3) is 2.71. The molecule has 3 rings (SSSR count). The molecule has 7 heteroatoms. The molecule has 22 heavy (non-hydrogen) atoms. The van der Waals surface area contributed by atoms with Crippen LogP contribution in [0.3, 0.4) is 0 Å². The van der Waals surface area contributed by atoms with E-state index in [2.05, 4.69) is 10.1 Å². The normalized spacial score (nSPS) is 28.1. The molecule has 0 aromatic carbocycles. The first-order chi connectivity index (χ1) is 10.6. The second-order valence-electron chi connectivity index (χ2n) is 6.12. The number of esters is 1. The standard InChI is InChI=1S/C15H21N3O4/c1-9-16-13(22-17-9)10-4-3-7-18(8-10)14(19)11-5-6-12(11)15(20)21-2/h10-12H,3-8H2,1-2H3/t10-,11-,12+/m0/s1. The minimum atomic E-state index is -0.275. The molecule has 7 nitrogen and oxygen atoms in total. The topological polar surface area (TPSA) is 85.5 Å². The van der Waals surface area contributed by atoms with Crippen LogP contribution < -0.4 is 0 Å². The lowest BCUT2D eigenvalue weighted by molar-refractivity contribution is -0.159. The molecule has 2 heterocycles. The minimum absolute atomic E-state index is 0.0580. The molecule has 1 aliphatic heterocycles. The van der Waals surface area contributed by atoms with E-state index >= 15 is 0 Å². The maximum absolute atomic E-state index is 12.6. The molecule has 2 aliphatic rings. The van der Waals surface area contributed by atoms with Gasteiger partial charge in [-0.2, -0.15) is 4.98 Å². The highest BCUT2D eigenvalue weighted by Crippen LogP contribution is 2.38. The monoisotopic (exact) mass is 307 g/mol. The quantitative estimate of drug-likeness (QED) is 0.782. The number of ether oxygens (including phenoxy) is 1. The van der Waals surface area contributed by atoms with Crippen LogP contribution in [0.2, 0.25) is 0 Å². The molecule has 3 atom stereocenters. The maximum Gasteiger partial charge on any atom is 0.309 e. The summed E-state index contributed by atoms with van der Waals surface area (Å²) in [6.45, 7) is 3.10. The van der Waals surface area contributed by atoms with E-state index in [1.807, 2.05) is 4.90 Å². The van der Waals surface area contributed by atoms with Crippen molar-refractivity contribution >= 4 is 11.9 Å². The molecule has 0 spiro atoms. The van der Waals surface area contributed by atoms with Gasteiger partial charge in [0.2, 0.25) is 11.8 Å². The SMILES string of the molecule is COC(=O)[C@@H]1CC[C@@H]1C(=O)N1CCC[C@H](c2nc(C)no2)C1. The van der Waals surface area contributed by atoms with Gasteiger partial charge in [-0.15, -0.1) is 0 Å². The fourth-order valence-electron chi connectivity index (χ4n) is 3.32. The van der Waals surface area contributed by atoms with Gasteiger partial charge in [-0.25, -0.2) is 0 Å². The van der Waals surface area contributed by atoms with Crippen LogP contribution in [0.5, 0.6) is 0 Å². The summed E-state index contributed by atoms with van der Waals surface area (Å²) < 4.78 is 10.0. The molecule has 0 bridgehead atoms. The van der Waals surface area contributed by atoms with Crippen molar-refractivity contribution < 1.29 is 18.8 Å². The van der Waals surface area contributed by atoms with Crippen LogP contribution in [0.15, 0.2) is 4.52 Å². The molecule has 1 aromatic rings. The Morgan fingerprint density at radius 1 is 1.27 bits per heavy atom. The van der Waals surface area contributed by atoms with E-state index in [9.17, 15) is 9.59 Å². The van der Waals surface area contributed by atoms with Crippen molar-refractivity contribution in [2.45, 2.75) is 38.5 Å². The van der Waals surface area contributed by atoms with Gasteiger partial charge in [-0.3, -0.25) is 9.59 Å². The van der Waals surface area contributed by atoms with Gasteiger partial charge in [0, 0.05) is 13.1 Å². The molecule has 2 fully saturated rings. The van der Waals surface area contributed by atoms with Crippen molar-refractivity contribution in [3.8, 4) is 0 Å². The van der Waals surface area contributed by atoms with Crippen molar-refractivity contribution in [3.05, 3.63) is 11.7 Å². The van der Waals surface area contributed by atoms with Gasteiger partial charge >= 0.3 is 5.97 Å². The van der Waals surface area contributed by atoms with Crippen LogP contribution in [0.1, 0.15) is 43.3 Å². The Morgan fingerprint density at radius 2 is 2.05 bits per heavy atom. The minimum Gasteiger partial charge on any atom is -0.469 e. The zero-order valence-corrected chi connectivity index (χ0v) is 12.9. The zero-order chi connectivity index (χ0) is 15.7. The molecule has 0 radical (unpaired) electrons. The average Bonchev–Trinajstić information content (AvgIpc) is 2.92. The van der Waals surface area contributed by atoms with Gasteiger partial charge in [-0.05, 0) is 32.6 Å². The number of methoxy groups -OCH3 is 1. The lowest BCUT2D eigenvalue weighted by atomic mass is 9.72. The van der Waals surface area contributed by atoms with E-state index in [1.165, 1.54) is 7.11 Å². The Bertz CT molecular complexity index is 571. The molecule has 120 valence electrons. The number of likely N-dealkylation sites (tertiary alicyclic amines) is 1. The summed E-state index contributed by atoms with van der Waals surface area (Å²) in [5, 5.41) is 3.82. The van der Waals surface area contributed by atoms with Gasteiger partial charge in [0.05, 0.1) is 24.9 Å². The fraction of sp³-hybridized carbons (Fsp3) is 0.733. The number of aryl methyl sites for hydroxylation is 1. The molecule has 1 amide bonds. The first-order valence-electron chi connectivity index (χ1n) is 7.77. The fourth-order valence-corrected chi connectivity index (χ4v) is 3.32. The zero-order valence-electron chi connectivity index (χ0n) is 12.9. The third-order valence-electron chi connectivity index (χ3n) is 4.72. The molecular formula is C15H21N3O4. The van der Waals surface area contributed by atoms with E-state index in [1.54, 1.807) is 6.92 Å². The first kappa shape index (κ1) is 15.0. The van der Waals surface area contributed by atoms with E-state index in [4.69, 9.17) is 9.26 Å². The summed E-state index contributed by atoms with van der Waals surface area (Å²) >= 11 is 0. The van der Waals surface area contributed by atoms with Gasteiger partial charge in [0.1, 0.15) is 0 Å². The molecule has 1 aliphatic carbocycles. The van der Waals surface area contributed by atoms with Gasteiger partial charge < -0.3 is 14.2 Å². The van der Waals surface area contributed by atoms with E-state index in [0.717, 1.165) is 32.2 Å². The van der Waals surface area contributed by atoms with Crippen LogP contribution in [0.4, 0.5) is 0 Å². The average molecular weight is 307 g/mol. The van der Waals surface area contributed by atoms with Crippen molar-refractivity contribution in [1.29, 1.82) is 0 Å². The van der Waals surface area contributed by atoms with Gasteiger partial charge in [-0.1, -0.05) is 5.16 Å². The predicted octanol–water partition coefficient (Wildman–Crippen LogP) is 1.28. The molecule has 0 unspecified atom stereocenters. The third-order valence-corrected chi connectivity index (χ3v) is 4.72. The number of carbonyl (C=O) groups excluding carboxylic acids is 2. The van der Waals surface area contributed by atoms with Crippen LogP contribution in [0.25, 0.3) is 0 Å². The number of piperidine rings is 1. The second kappa shape index (κ2) is 6.06. The van der Waals surface area contributed by atoms with Crippen LogP contribution in [0, 0.1) is 18.8 Å². The highest BCUT2D eigenvalue weighted by Gasteiger charge is 2.44. The second-order valence-corrected chi connectivity index (χ2v) is 6.12. The molecule has 1 saturated carbocycles. The number of hydrogen-bond acceptors (Lipinski definition) is 6. The smallest absolute Gasteiger partial charge is 0.309 e. The Kier molecular flexibility index (Phi) is 4.13. The van der Waals surface area contributed by atoms with Crippen LogP contribution in [-0.2, 0) is 14.3 Å². The van der Waals surface area contributed by atoms with E-state index in [-0.39, 0.29) is 29.6 Å². The summed E-state index contributed by atoms with van der Waals surface area (Å²) in [7, 11) is 1.37. The summed E-state index contributed by atoms with van der Waals surface area (Å²) in [5.41, 5.74) is 0. The number of rotatable bonds is 3. The number of nitrogens with zero attached hydrogens (tertiary/aromatic N) is 3. The van der Waals surface area contributed by atoms with E-state index < -0.39 is 0 Å².